The van der Waals surface area contributed by atoms with Crippen molar-refractivity contribution >= 4 is 23.0 Å². The quantitative estimate of drug-likeness (QED) is 0.801. The Morgan fingerprint density at radius 2 is 2.24 bits per heavy atom. The molecule has 1 aromatic heterocycles. The van der Waals surface area contributed by atoms with Crippen molar-refractivity contribution in [2.45, 2.75) is 31.8 Å². The Hall–Kier alpha value is -1.20. The molecular formula is C12H15NO3S. The van der Waals surface area contributed by atoms with Gasteiger partial charge in [-0.05, 0) is 32.3 Å². The van der Waals surface area contributed by atoms with Gasteiger partial charge in [-0.3, -0.25) is 9.59 Å². The molecule has 92 valence electrons. The monoisotopic (exact) mass is 253 g/mol. The molecule has 2 N–H and O–H groups in total. The van der Waals surface area contributed by atoms with Gasteiger partial charge in [-0.25, -0.2) is 0 Å². The van der Waals surface area contributed by atoms with Gasteiger partial charge in [0, 0.05) is 17.5 Å². The second-order valence-corrected chi connectivity index (χ2v) is 5.43. The molecule has 0 spiro atoms. The first-order chi connectivity index (χ1) is 8.00. The molecule has 0 unspecified atom stereocenters. The van der Waals surface area contributed by atoms with E-state index in [2.05, 4.69) is 5.32 Å². The van der Waals surface area contributed by atoms with Crippen LogP contribution in [0.4, 0.5) is 0 Å². The van der Waals surface area contributed by atoms with Gasteiger partial charge in [-0.15, -0.1) is 11.3 Å². The molecule has 1 saturated carbocycles. The first kappa shape index (κ1) is 12.3. The van der Waals surface area contributed by atoms with Crippen molar-refractivity contribution in [3.8, 4) is 0 Å². The van der Waals surface area contributed by atoms with E-state index in [1.807, 2.05) is 0 Å². The Bertz CT molecular complexity index is 448. The molecule has 0 aromatic carbocycles. The Morgan fingerprint density at radius 1 is 1.53 bits per heavy atom. The van der Waals surface area contributed by atoms with Crippen LogP contribution in [0.2, 0.25) is 0 Å². The predicted octanol–water partition coefficient (Wildman–Crippen LogP) is 1.60. The minimum Gasteiger partial charge on any atom is -0.388 e. The molecule has 0 saturated heterocycles. The Balaban J connectivity index is 1.92. The van der Waals surface area contributed by atoms with Crippen molar-refractivity contribution in [1.82, 2.24) is 5.32 Å². The summed E-state index contributed by atoms with van der Waals surface area (Å²) in [5, 5.41) is 14.2. The molecule has 1 aromatic rings. The van der Waals surface area contributed by atoms with Crippen LogP contribution in [0.1, 0.15) is 46.2 Å². The van der Waals surface area contributed by atoms with Gasteiger partial charge in [0.05, 0.1) is 10.5 Å². The molecule has 17 heavy (non-hydrogen) atoms. The fourth-order valence-corrected chi connectivity index (χ4v) is 2.60. The minimum atomic E-state index is -0.712. The summed E-state index contributed by atoms with van der Waals surface area (Å²) in [6.07, 6.45) is 2.51. The van der Waals surface area contributed by atoms with Crippen LogP contribution in [-0.2, 0) is 0 Å². The maximum atomic E-state index is 11.7. The molecule has 1 aliphatic rings. The lowest BCUT2D eigenvalue weighted by molar-refractivity contribution is -0.0300. The van der Waals surface area contributed by atoms with Crippen molar-refractivity contribution in [3.05, 3.63) is 21.9 Å². The van der Waals surface area contributed by atoms with Crippen molar-refractivity contribution < 1.29 is 14.7 Å². The number of hydrogen-bond acceptors (Lipinski definition) is 4. The number of carbonyl (C=O) groups excluding carboxylic acids is 2. The number of rotatable bonds is 4. The van der Waals surface area contributed by atoms with Crippen LogP contribution < -0.4 is 5.32 Å². The average molecular weight is 253 g/mol. The number of thiophene rings is 1. The fraction of sp³-hybridized carbons (Fsp3) is 0.500. The Labute approximate surface area is 104 Å². The number of hydrogen-bond donors (Lipinski definition) is 2. The number of amides is 1. The van der Waals surface area contributed by atoms with Crippen molar-refractivity contribution in [3.63, 3.8) is 0 Å². The number of Topliss-reactive ketones (excluding diaryl/α,β-unsaturated/α-hetero) is 1. The van der Waals surface area contributed by atoms with Gasteiger partial charge >= 0.3 is 0 Å². The topological polar surface area (TPSA) is 66.4 Å². The predicted molar refractivity (Wildman–Crippen MR) is 65.5 cm³/mol. The van der Waals surface area contributed by atoms with E-state index in [1.54, 1.807) is 11.4 Å². The maximum absolute atomic E-state index is 11.7. The molecule has 2 rings (SSSR count). The SMILES string of the molecule is CC(=O)c1csc(C(=O)NCC2(O)CCC2)c1. The highest BCUT2D eigenvalue weighted by Gasteiger charge is 2.34. The molecule has 5 heteroatoms. The fourth-order valence-electron chi connectivity index (χ4n) is 1.73. The van der Waals surface area contributed by atoms with E-state index >= 15 is 0 Å². The lowest BCUT2D eigenvalue weighted by atomic mass is 9.80. The van der Waals surface area contributed by atoms with Gasteiger partial charge in [0.2, 0.25) is 0 Å². The Morgan fingerprint density at radius 3 is 2.71 bits per heavy atom. The van der Waals surface area contributed by atoms with E-state index in [0.717, 1.165) is 19.3 Å². The van der Waals surface area contributed by atoms with Gasteiger partial charge < -0.3 is 10.4 Å². The van der Waals surface area contributed by atoms with Crippen LogP contribution in [0.3, 0.4) is 0 Å². The van der Waals surface area contributed by atoms with E-state index < -0.39 is 5.60 Å². The summed E-state index contributed by atoms with van der Waals surface area (Å²) >= 11 is 1.25. The van der Waals surface area contributed by atoms with E-state index in [-0.39, 0.29) is 11.7 Å². The van der Waals surface area contributed by atoms with Crippen LogP contribution in [0, 0.1) is 0 Å². The first-order valence-corrected chi connectivity index (χ1v) is 6.48. The normalized spacial score (nSPS) is 17.3. The van der Waals surface area contributed by atoms with E-state index in [0.29, 0.717) is 17.0 Å². The third-order valence-corrected chi connectivity index (χ3v) is 4.02. The smallest absolute Gasteiger partial charge is 0.261 e. The highest BCUT2D eigenvalue weighted by Crippen LogP contribution is 2.30. The molecular weight excluding hydrogens is 238 g/mol. The number of ketones is 1. The van der Waals surface area contributed by atoms with E-state index in [1.165, 1.54) is 18.3 Å². The largest absolute Gasteiger partial charge is 0.388 e. The zero-order chi connectivity index (χ0) is 12.5. The summed E-state index contributed by atoms with van der Waals surface area (Å²) in [6.45, 7) is 1.76. The summed E-state index contributed by atoms with van der Waals surface area (Å²) in [6, 6.07) is 1.59. The molecule has 1 aliphatic carbocycles. The molecule has 0 aliphatic heterocycles. The lowest BCUT2D eigenvalue weighted by Crippen LogP contribution is -2.47. The van der Waals surface area contributed by atoms with E-state index in [4.69, 9.17) is 0 Å². The summed E-state index contributed by atoms with van der Waals surface area (Å²) in [5.74, 6) is -0.263. The molecule has 1 heterocycles. The highest BCUT2D eigenvalue weighted by atomic mass is 32.1. The first-order valence-electron chi connectivity index (χ1n) is 5.60. The highest BCUT2D eigenvalue weighted by molar-refractivity contribution is 7.12. The standard InChI is InChI=1S/C12H15NO3S/c1-8(14)9-5-10(17-6-9)11(15)13-7-12(16)3-2-4-12/h5-6,16H,2-4,7H2,1H3,(H,13,15). The zero-order valence-corrected chi connectivity index (χ0v) is 10.5. The van der Waals surface area contributed by atoms with Gasteiger partial charge in [0.15, 0.2) is 5.78 Å². The van der Waals surface area contributed by atoms with E-state index in [9.17, 15) is 14.7 Å². The summed E-state index contributed by atoms with van der Waals surface area (Å²) in [4.78, 5) is 23.3. The maximum Gasteiger partial charge on any atom is 0.261 e. The zero-order valence-electron chi connectivity index (χ0n) is 9.66. The van der Waals surface area contributed by atoms with Crippen LogP contribution in [-0.4, -0.2) is 28.9 Å². The molecule has 0 radical (unpaired) electrons. The van der Waals surface area contributed by atoms with Crippen molar-refractivity contribution in [1.29, 1.82) is 0 Å². The number of carbonyl (C=O) groups is 2. The summed E-state index contributed by atoms with van der Waals surface area (Å²) in [5.41, 5.74) is -0.154. The molecule has 1 amide bonds. The van der Waals surface area contributed by atoms with Crippen LogP contribution in [0.5, 0.6) is 0 Å². The van der Waals surface area contributed by atoms with Crippen molar-refractivity contribution in [2.75, 3.05) is 6.54 Å². The lowest BCUT2D eigenvalue weighted by Gasteiger charge is -2.36. The number of aliphatic hydroxyl groups is 1. The summed E-state index contributed by atoms with van der Waals surface area (Å²) in [7, 11) is 0. The second kappa shape index (κ2) is 4.58. The van der Waals surface area contributed by atoms with Crippen LogP contribution in [0.25, 0.3) is 0 Å². The van der Waals surface area contributed by atoms with Crippen LogP contribution in [0.15, 0.2) is 11.4 Å². The molecule has 4 nitrogen and oxygen atoms in total. The van der Waals surface area contributed by atoms with Gasteiger partial charge in [0.1, 0.15) is 0 Å². The molecule has 0 atom stereocenters. The average Bonchev–Trinajstić information content (AvgIpc) is 2.72. The second-order valence-electron chi connectivity index (χ2n) is 4.52. The Kier molecular flexibility index (Phi) is 3.31. The van der Waals surface area contributed by atoms with Gasteiger partial charge in [0.25, 0.3) is 5.91 Å². The number of nitrogens with one attached hydrogen (secondary N) is 1. The van der Waals surface area contributed by atoms with Crippen molar-refractivity contribution in [2.24, 2.45) is 0 Å². The molecule has 1 fully saturated rings. The third kappa shape index (κ3) is 2.73. The van der Waals surface area contributed by atoms with Crippen LogP contribution >= 0.6 is 11.3 Å². The molecule has 0 bridgehead atoms. The summed E-state index contributed by atoms with van der Waals surface area (Å²) < 4.78 is 0. The van der Waals surface area contributed by atoms with Gasteiger partial charge in [-0.1, -0.05) is 0 Å². The van der Waals surface area contributed by atoms with Gasteiger partial charge in [-0.2, -0.15) is 0 Å². The minimum absolute atomic E-state index is 0.0436. The third-order valence-electron chi connectivity index (χ3n) is 3.09.